The summed E-state index contributed by atoms with van der Waals surface area (Å²) in [6, 6.07) is 22.0. The number of aromatic amines is 2. The summed E-state index contributed by atoms with van der Waals surface area (Å²) in [4.78, 5) is 23.0. The maximum atomic E-state index is 13.1. The van der Waals surface area contributed by atoms with Gasteiger partial charge in [-0.05, 0) is 54.6 Å². The van der Waals surface area contributed by atoms with E-state index in [1.807, 2.05) is 60.7 Å². The smallest absolute Gasteiger partial charge is 0.362 e. The molecule has 38 heavy (non-hydrogen) atoms. The van der Waals surface area contributed by atoms with Crippen molar-refractivity contribution in [3.8, 4) is 22.6 Å². The number of halogens is 3. The van der Waals surface area contributed by atoms with E-state index in [0.717, 1.165) is 40.3 Å². The molecule has 9 heteroatoms. The van der Waals surface area contributed by atoms with E-state index in [9.17, 15) is 18.0 Å². The van der Waals surface area contributed by atoms with Crippen molar-refractivity contribution in [1.82, 2.24) is 15.0 Å². The minimum atomic E-state index is -4.42. The number of anilines is 3. The van der Waals surface area contributed by atoms with E-state index in [4.69, 9.17) is 0 Å². The molecule has 0 saturated heterocycles. The number of amides is 1. The third-order valence-corrected chi connectivity index (χ3v) is 6.23. The fourth-order valence-corrected chi connectivity index (χ4v) is 4.39. The standard InChI is InChI=1S/C29H20F3N5O/c30-29(31,32)19-6-1-5-18(12-19)27-34-16-26(36-27)17-4-2-7-21(13-17)35-22-9-10-23-24(14-20-8-3-11-33-20)28(38)37-25(23)15-22/h1-16,33,35H,(H,34,36)(H,37,38). The van der Waals surface area contributed by atoms with Crippen LogP contribution in [0.1, 0.15) is 16.8 Å². The van der Waals surface area contributed by atoms with Crippen LogP contribution in [-0.4, -0.2) is 20.9 Å². The number of benzene rings is 3. The summed E-state index contributed by atoms with van der Waals surface area (Å²) in [5.41, 5.74) is 5.66. The molecule has 1 aliphatic rings. The normalized spacial score (nSPS) is 14.0. The van der Waals surface area contributed by atoms with Crippen LogP contribution in [0.25, 0.3) is 34.3 Å². The molecule has 188 valence electrons. The summed E-state index contributed by atoms with van der Waals surface area (Å²) in [5, 5.41) is 6.26. The molecule has 6 nitrogen and oxygen atoms in total. The van der Waals surface area contributed by atoms with Crippen molar-refractivity contribution in [2.45, 2.75) is 6.18 Å². The van der Waals surface area contributed by atoms with E-state index in [2.05, 4.69) is 25.6 Å². The molecule has 3 heterocycles. The van der Waals surface area contributed by atoms with Gasteiger partial charge in [-0.15, -0.1) is 0 Å². The highest BCUT2D eigenvalue weighted by molar-refractivity contribution is 6.35. The van der Waals surface area contributed by atoms with Gasteiger partial charge < -0.3 is 20.6 Å². The largest absolute Gasteiger partial charge is 0.416 e. The molecule has 0 unspecified atom stereocenters. The number of carbonyl (C=O) groups excluding carboxylic acids is 1. The number of imidazole rings is 1. The Balaban J connectivity index is 1.23. The van der Waals surface area contributed by atoms with Crippen molar-refractivity contribution in [3.05, 3.63) is 108 Å². The van der Waals surface area contributed by atoms with Crippen LogP contribution in [0, 0.1) is 0 Å². The minimum Gasteiger partial charge on any atom is -0.362 e. The Labute approximate surface area is 215 Å². The highest BCUT2D eigenvalue weighted by Crippen LogP contribution is 2.36. The number of hydrogen-bond acceptors (Lipinski definition) is 3. The van der Waals surface area contributed by atoms with Crippen LogP contribution < -0.4 is 10.6 Å². The monoisotopic (exact) mass is 511 g/mol. The molecule has 0 atom stereocenters. The van der Waals surface area contributed by atoms with Gasteiger partial charge in [0, 0.05) is 40.0 Å². The first-order valence-corrected chi connectivity index (χ1v) is 11.7. The third kappa shape index (κ3) is 4.57. The third-order valence-electron chi connectivity index (χ3n) is 6.23. The number of fused-ring (bicyclic) bond motifs is 1. The first-order valence-electron chi connectivity index (χ1n) is 11.7. The van der Waals surface area contributed by atoms with Crippen molar-refractivity contribution in [2.75, 3.05) is 10.6 Å². The Morgan fingerprint density at radius 1 is 0.868 bits per heavy atom. The van der Waals surface area contributed by atoms with Gasteiger partial charge in [0.15, 0.2) is 0 Å². The summed E-state index contributed by atoms with van der Waals surface area (Å²) in [6.45, 7) is 0. The molecule has 5 aromatic rings. The Morgan fingerprint density at radius 3 is 2.50 bits per heavy atom. The van der Waals surface area contributed by atoms with Gasteiger partial charge in [-0.3, -0.25) is 4.79 Å². The summed E-state index contributed by atoms with van der Waals surface area (Å²) >= 11 is 0. The van der Waals surface area contributed by atoms with Crippen LogP contribution in [0.2, 0.25) is 0 Å². The highest BCUT2D eigenvalue weighted by atomic mass is 19.4. The molecule has 0 saturated carbocycles. The Hall–Kier alpha value is -5.05. The van der Waals surface area contributed by atoms with Crippen LogP contribution in [0.5, 0.6) is 0 Å². The molecule has 2 aromatic heterocycles. The predicted molar refractivity (Wildman–Crippen MR) is 141 cm³/mol. The first-order chi connectivity index (χ1) is 18.3. The van der Waals surface area contributed by atoms with Crippen molar-refractivity contribution in [1.29, 1.82) is 0 Å². The van der Waals surface area contributed by atoms with Gasteiger partial charge in [0.2, 0.25) is 0 Å². The van der Waals surface area contributed by atoms with Crippen molar-refractivity contribution in [3.63, 3.8) is 0 Å². The van der Waals surface area contributed by atoms with E-state index in [1.165, 1.54) is 6.07 Å². The lowest BCUT2D eigenvalue weighted by Crippen LogP contribution is -2.04. The Morgan fingerprint density at radius 2 is 1.68 bits per heavy atom. The Kier molecular flexibility index (Phi) is 5.60. The molecular formula is C29H20F3N5O. The maximum Gasteiger partial charge on any atom is 0.416 e. The van der Waals surface area contributed by atoms with Gasteiger partial charge in [0.05, 0.1) is 28.7 Å². The molecule has 0 aliphatic carbocycles. The van der Waals surface area contributed by atoms with E-state index in [-0.39, 0.29) is 5.91 Å². The average molecular weight is 512 g/mol. The van der Waals surface area contributed by atoms with Gasteiger partial charge in [0.25, 0.3) is 5.91 Å². The minimum absolute atomic E-state index is 0.162. The van der Waals surface area contributed by atoms with E-state index < -0.39 is 11.7 Å². The molecule has 4 N–H and O–H groups in total. The molecule has 6 rings (SSSR count). The zero-order valence-electron chi connectivity index (χ0n) is 19.7. The lowest BCUT2D eigenvalue weighted by atomic mass is 10.1. The second-order valence-electron chi connectivity index (χ2n) is 8.83. The molecule has 0 bridgehead atoms. The van der Waals surface area contributed by atoms with Gasteiger partial charge in [-0.1, -0.05) is 30.3 Å². The fourth-order valence-electron chi connectivity index (χ4n) is 4.39. The first kappa shape index (κ1) is 23.4. The zero-order chi connectivity index (χ0) is 26.3. The second kappa shape index (κ2) is 9.11. The topological polar surface area (TPSA) is 85.6 Å². The van der Waals surface area contributed by atoms with Crippen LogP contribution in [0.3, 0.4) is 0 Å². The van der Waals surface area contributed by atoms with Crippen molar-refractivity contribution < 1.29 is 18.0 Å². The molecule has 3 aromatic carbocycles. The number of hydrogen-bond donors (Lipinski definition) is 4. The number of nitrogens with zero attached hydrogens (tertiary/aromatic N) is 1. The molecule has 1 amide bonds. The molecule has 1 aliphatic heterocycles. The van der Waals surface area contributed by atoms with Crippen molar-refractivity contribution >= 4 is 34.6 Å². The number of H-pyrrole nitrogens is 2. The van der Waals surface area contributed by atoms with Gasteiger partial charge >= 0.3 is 6.18 Å². The number of carbonyl (C=O) groups is 1. The van der Waals surface area contributed by atoms with Crippen LogP contribution in [0.15, 0.2) is 91.3 Å². The van der Waals surface area contributed by atoms with Gasteiger partial charge in [-0.25, -0.2) is 4.98 Å². The summed E-state index contributed by atoms with van der Waals surface area (Å²) in [6.07, 6.45) is 0.788. The molecular weight excluding hydrogens is 491 g/mol. The predicted octanol–water partition coefficient (Wildman–Crippen LogP) is 7.33. The summed E-state index contributed by atoms with van der Waals surface area (Å²) in [5.74, 6) is 0.187. The van der Waals surface area contributed by atoms with Crippen LogP contribution >= 0.6 is 0 Å². The zero-order valence-corrected chi connectivity index (χ0v) is 19.7. The average Bonchev–Trinajstić information content (AvgIpc) is 3.65. The summed E-state index contributed by atoms with van der Waals surface area (Å²) in [7, 11) is 0. The Bertz CT molecular complexity index is 1680. The van der Waals surface area contributed by atoms with Crippen LogP contribution in [-0.2, 0) is 11.0 Å². The van der Waals surface area contributed by atoms with E-state index in [0.29, 0.717) is 28.3 Å². The molecule has 0 radical (unpaired) electrons. The van der Waals surface area contributed by atoms with E-state index >= 15 is 0 Å². The molecule has 0 fully saturated rings. The van der Waals surface area contributed by atoms with Crippen molar-refractivity contribution in [2.24, 2.45) is 0 Å². The maximum absolute atomic E-state index is 13.1. The lowest BCUT2D eigenvalue weighted by molar-refractivity contribution is -0.137. The van der Waals surface area contributed by atoms with Gasteiger partial charge in [-0.2, -0.15) is 13.2 Å². The number of rotatable bonds is 5. The quantitative estimate of drug-likeness (QED) is 0.186. The molecule has 0 spiro atoms. The summed E-state index contributed by atoms with van der Waals surface area (Å²) < 4.78 is 39.3. The second-order valence-corrected chi connectivity index (χ2v) is 8.83. The SMILES string of the molecule is O=C1Nc2cc(Nc3cccc(-c4cnc(-c5cccc(C(F)(F)F)c5)[nH]4)c3)ccc2C1=Cc1ccc[nH]1. The lowest BCUT2D eigenvalue weighted by Gasteiger charge is -2.10. The fraction of sp³-hybridized carbons (Fsp3) is 0.0345. The number of nitrogens with one attached hydrogen (secondary N) is 4. The number of alkyl halides is 3. The van der Waals surface area contributed by atoms with Crippen LogP contribution in [0.4, 0.5) is 30.2 Å². The van der Waals surface area contributed by atoms with E-state index in [1.54, 1.807) is 18.5 Å². The highest BCUT2D eigenvalue weighted by Gasteiger charge is 2.30. The number of aromatic nitrogens is 3. The van der Waals surface area contributed by atoms with Gasteiger partial charge in [0.1, 0.15) is 5.82 Å².